The number of fused-ring (bicyclic) bond motifs is 1. The maximum Gasteiger partial charge on any atom is 0.217 e. The number of hydrogen-bond acceptors (Lipinski definition) is 9. The molecule has 1 aliphatic carbocycles. The Bertz CT molecular complexity index is 1460. The molecule has 0 atom stereocenters. The van der Waals surface area contributed by atoms with Gasteiger partial charge in [0.2, 0.25) is 5.88 Å². The van der Waals surface area contributed by atoms with Crippen molar-refractivity contribution in [2.24, 2.45) is 0 Å². The molecule has 1 aliphatic heterocycles. The molecule has 196 valence electrons. The zero-order valence-electron chi connectivity index (χ0n) is 21.4. The minimum atomic E-state index is -0.327. The summed E-state index contributed by atoms with van der Waals surface area (Å²) >= 11 is 0. The molecule has 0 amide bonds. The SMILES string of the molecule is Cc1nc(CCO)cc(O[C@H]2CC[C@@H](N3CC(CC#N)(n4cc(-c5ncnc6[nH]ccc56)cn4)C3)CC2)n1. The zero-order valence-corrected chi connectivity index (χ0v) is 21.4. The quantitative estimate of drug-likeness (QED) is 0.364. The van der Waals surface area contributed by atoms with Crippen molar-refractivity contribution in [3.05, 3.63) is 48.6 Å². The van der Waals surface area contributed by atoms with Crippen LogP contribution in [-0.4, -0.2) is 76.5 Å². The fourth-order valence-electron chi connectivity index (χ4n) is 5.86. The fourth-order valence-corrected chi connectivity index (χ4v) is 5.86. The van der Waals surface area contributed by atoms with Crippen LogP contribution in [0.1, 0.15) is 43.6 Å². The second-order valence-corrected chi connectivity index (χ2v) is 10.4. The minimum Gasteiger partial charge on any atom is -0.474 e. The largest absolute Gasteiger partial charge is 0.474 e. The van der Waals surface area contributed by atoms with Crippen LogP contribution in [-0.2, 0) is 12.0 Å². The van der Waals surface area contributed by atoms with E-state index in [-0.39, 0.29) is 18.2 Å². The molecule has 2 N–H and O–H groups in total. The molecule has 1 saturated heterocycles. The van der Waals surface area contributed by atoms with E-state index in [9.17, 15) is 10.4 Å². The number of aliphatic hydroxyl groups is 1. The van der Waals surface area contributed by atoms with Crippen LogP contribution in [0.2, 0.25) is 0 Å². The first-order valence-electron chi connectivity index (χ1n) is 13.1. The van der Waals surface area contributed by atoms with Gasteiger partial charge >= 0.3 is 0 Å². The number of rotatable bonds is 8. The molecule has 6 rings (SSSR count). The molecule has 1 saturated carbocycles. The average molecular weight is 514 g/mol. The van der Waals surface area contributed by atoms with E-state index in [0.29, 0.717) is 30.6 Å². The van der Waals surface area contributed by atoms with E-state index in [1.54, 1.807) is 6.33 Å². The highest BCUT2D eigenvalue weighted by Crippen LogP contribution is 2.38. The fraction of sp³-hybridized carbons (Fsp3) is 0.481. The summed E-state index contributed by atoms with van der Waals surface area (Å²) < 4.78 is 8.17. The Kier molecular flexibility index (Phi) is 6.51. The van der Waals surface area contributed by atoms with Crippen LogP contribution in [0.5, 0.6) is 5.88 Å². The van der Waals surface area contributed by atoms with Gasteiger partial charge < -0.3 is 14.8 Å². The Balaban J connectivity index is 1.09. The molecule has 38 heavy (non-hydrogen) atoms. The van der Waals surface area contributed by atoms with Gasteiger partial charge in [0.1, 0.15) is 29.4 Å². The van der Waals surface area contributed by atoms with Crippen LogP contribution in [0.25, 0.3) is 22.3 Å². The Labute approximate surface area is 220 Å². The third-order valence-corrected chi connectivity index (χ3v) is 7.78. The Hall–Kier alpha value is -3.88. The lowest BCUT2D eigenvalue weighted by Gasteiger charge is -2.53. The van der Waals surface area contributed by atoms with Crippen molar-refractivity contribution < 1.29 is 9.84 Å². The smallest absolute Gasteiger partial charge is 0.217 e. The number of ether oxygens (including phenoxy) is 1. The summed E-state index contributed by atoms with van der Waals surface area (Å²) in [6, 6.07) is 6.67. The first kappa shape index (κ1) is 24.5. The maximum absolute atomic E-state index is 9.63. The van der Waals surface area contributed by atoms with Crippen LogP contribution < -0.4 is 4.74 Å². The van der Waals surface area contributed by atoms with Crippen molar-refractivity contribution in [1.29, 1.82) is 5.26 Å². The highest BCUT2D eigenvalue weighted by Gasteiger charge is 2.48. The molecular weight excluding hydrogens is 482 g/mol. The molecular formula is C27H31N9O2. The van der Waals surface area contributed by atoms with Gasteiger partial charge in [-0.15, -0.1) is 0 Å². The van der Waals surface area contributed by atoms with Gasteiger partial charge in [0.25, 0.3) is 0 Å². The third-order valence-electron chi connectivity index (χ3n) is 7.78. The number of likely N-dealkylation sites (tertiary alicyclic amines) is 1. The Morgan fingerprint density at radius 2 is 2.05 bits per heavy atom. The number of aromatic nitrogens is 7. The van der Waals surface area contributed by atoms with Gasteiger partial charge in [0, 0.05) is 61.6 Å². The normalized spacial score (nSPS) is 21.2. The third kappa shape index (κ3) is 4.61. The lowest BCUT2D eigenvalue weighted by atomic mass is 9.82. The highest BCUT2D eigenvalue weighted by atomic mass is 16.5. The molecule has 4 aromatic heterocycles. The van der Waals surface area contributed by atoms with Crippen LogP contribution in [0, 0.1) is 18.3 Å². The van der Waals surface area contributed by atoms with E-state index < -0.39 is 0 Å². The zero-order chi connectivity index (χ0) is 26.1. The number of nitrogens with zero attached hydrogens (tertiary/aromatic N) is 8. The molecule has 5 heterocycles. The van der Waals surface area contributed by atoms with Gasteiger partial charge in [-0.3, -0.25) is 9.58 Å². The number of H-pyrrole nitrogens is 1. The molecule has 0 bridgehead atoms. The molecule has 11 nitrogen and oxygen atoms in total. The van der Waals surface area contributed by atoms with E-state index in [2.05, 4.69) is 41.0 Å². The predicted octanol–water partition coefficient (Wildman–Crippen LogP) is 2.77. The Morgan fingerprint density at radius 1 is 1.21 bits per heavy atom. The molecule has 11 heteroatoms. The second kappa shape index (κ2) is 10.1. The summed E-state index contributed by atoms with van der Waals surface area (Å²) in [6.45, 7) is 3.51. The molecule has 0 spiro atoms. The van der Waals surface area contributed by atoms with E-state index in [1.165, 1.54) is 0 Å². The molecule has 4 aromatic rings. The van der Waals surface area contributed by atoms with Gasteiger partial charge in [0.05, 0.1) is 30.1 Å². The van der Waals surface area contributed by atoms with Crippen LogP contribution in [0.4, 0.5) is 0 Å². The lowest BCUT2D eigenvalue weighted by Crippen LogP contribution is -2.65. The van der Waals surface area contributed by atoms with Crippen molar-refractivity contribution in [2.45, 2.75) is 63.1 Å². The summed E-state index contributed by atoms with van der Waals surface area (Å²) in [4.78, 5) is 23.2. The standard InChI is InChI=1S/C27H31N9O2/c1-18-33-20(7-11-37)12-24(34-18)38-22-4-2-21(3-5-22)35-15-27(16-35,8-9-28)36-14-19(13-32-36)25-23-6-10-29-26(23)31-17-30-25/h6,10,12-14,17,21-22,37H,2-5,7-8,11,15-16H2,1H3,(H,29,30,31)/t21-,22+. The highest BCUT2D eigenvalue weighted by molar-refractivity contribution is 5.89. The summed E-state index contributed by atoms with van der Waals surface area (Å²) in [5.41, 5.74) is 3.03. The average Bonchev–Trinajstić information content (AvgIpc) is 3.57. The Morgan fingerprint density at radius 3 is 2.84 bits per heavy atom. The van der Waals surface area contributed by atoms with Gasteiger partial charge in [-0.2, -0.15) is 15.3 Å². The minimum absolute atomic E-state index is 0.0569. The van der Waals surface area contributed by atoms with Gasteiger partial charge in [0.15, 0.2) is 0 Å². The van der Waals surface area contributed by atoms with Crippen molar-refractivity contribution in [1.82, 2.24) is 39.6 Å². The van der Waals surface area contributed by atoms with Gasteiger partial charge in [-0.1, -0.05) is 0 Å². The van der Waals surface area contributed by atoms with E-state index in [0.717, 1.165) is 66.8 Å². The van der Waals surface area contributed by atoms with E-state index >= 15 is 0 Å². The monoisotopic (exact) mass is 513 g/mol. The summed E-state index contributed by atoms with van der Waals surface area (Å²) in [7, 11) is 0. The first-order chi connectivity index (χ1) is 18.6. The van der Waals surface area contributed by atoms with Crippen molar-refractivity contribution in [3.63, 3.8) is 0 Å². The molecule has 0 radical (unpaired) electrons. The second-order valence-electron chi connectivity index (χ2n) is 10.4. The lowest BCUT2D eigenvalue weighted by molar-refractivity contribution is -0.0445. The number of aromatic amines is 1. The van der Waals surface area contributed by atoms with Crippen molar-refractivity contribution >= 4 is 11.0 Å². The number of aliphatic hydroxyl groups excluding tert-OH is 1. The predicted molar refractivity (Wildman–Crippen MR) is 139 cm³/mol. The molecule has 2 fully saturated rings. The van der Waals surface area contributed by atoms with E-state index in [4.69, 9.17) is 4.74 Å². The molecule has 0 unspecified atom stereocenters. The molecule has 2 aliphatic rings. The number of nitrogens with one attached hydrogen (secondary N) is 1. The summed E-state index contributed by atoms with van der Waals surface area (Å²) in [5, 5.41) is 24.5. The van der Waals surface area contributed by atoms with Crippen LogP contribution in [0.15, 0.2) is 37.1 Å². The van der Waals surface area contributed by atoms with Crippen LogP contribution in [0.3, 0.4) is 0 Å². The first-order valence-corrected chi connectivity index (χ1v) is 13.1. The number of nitriles is 1. The summed E-state index contributed by atoms with van der Waals surface area (Å²) in [6.07, 6.45) is 12.3. The summed E-state index contributed by atoms with van der Waals surface area (Å²) in [5.74, 6) is 1.25. The topological polar surface area (TPSA) is 142 Å². The van der Waals surface area contributed by atoms with E-state index in [1.807, 2.05) is 42.3 Å². The van der Waals surface area contributed by atoms with Gasteiger partial charge in [-0.25, -0.2) is 15.0 Å². The molecule has 0 aromatic carbocycles. The van der Waals surface area contributed by atoms with Gasteiger partial charge in [-0.05, 0) is 38.7 Å². The van der Waals surface area contributed by atoms with Crippen molar-refractivity contribution in [2.75, 3.05) is 19.7 Å². The number of hydrogen-bond donors (Lipinski definition) is 2. The maximum atomic E-state index is 9.63. The number of aryl methyl sites for hydroxylation is 1. The van der Waals surface area contributed by atoms with Crippen LogP contribution >= 0.6 is 0 Å². The van der Waals surface area contributed by atoms with Crippen molar-refractivity contribution in [3.8, 4) is 23.2 Å².